The summed E-state index contributed by atoms with van der Waals surface area (Å²) < 4.78 is 47.4. The highest BCUT2D eigenvalue weighted by Gasteiger charge is 2.26. The van der Waals surface area contributed by atoms with Gasteiger partial charge in [0.05, 0.1) is 25.2 Å². The number of hydrogen-bond acceptors (Lipinski definition) is 11. The van der Waals surface area contributed by atoms with Crippen molar-refractivity contribution in [2.75, 3.05) is 33.6 Å². The number of nitrogens with one attached hydrogen (secondary N) is 1. The first-order valence-corrected chi connectivity index (χ1v) is 15.6. The molecule has 1 fully saturated rings. The Balaban J connectivity index is 1.04. The standard InChI is InChI=1S/C30H34N4O9S/c1-40-24-5-7-25(8-6-24)44(38,39)28-18-22(9-13-31-28)19-34(37)32-27(35)17-21-10-14-33(15-11-21)30(36)41-16-12-23-3-2-4-26-29(23)43-20-42-26/h2-9,13,18,21,37H,10-12,14-17,19-20H2,1H3,(H,32,35). The summed E-state index contributed by atoms with van der Waals surface area (Å²) in [6.45, 7) is 1.15. The van der Waals surface area contributed by atoms with Crippen molar-refractivity contribution in [2.45, 2.75) is 42.1 Å². The van der Waals surface area contributed by atoms with E-state index in [9.17, 15) is 23.2 Å². The van der Waals surface area contributed by atoms with Crippen LogP contribution in [0, 0.1) is 5.92 Å². The Hall–Kier alpha value is -4.40. The van der Waals surface area contributed by atoms with E-state index in [0.29, 0.717) is 60.3 Å². The Morgan fingerprint density at radius 2 is 1.89 bits per heavy atom. The van der Waals surface area contributed by atoms with Crippen LogP contribution in [0.3, 0.4) is 0 Å². The number of nitrogens with zero attached hydrogens (tertiary/aromatic N) is 3. The van der Waals surface area contributed by atoms with E-state index in [4.69, 9.17) is 18.9 Å². The van der Waals surface area contributed by atoms with Crippen LogP contribution >= 0.6 is 0 Å². The van der Waals surface area contributed by atoms with Crippen LogP contribution in [0.2, 0.25) is 0 Å². The van der Waals surface area contributed by atoms with Crippen LogP contribution in [0.1, 0.15) is 30.4 Å². The lowest BCUT2D eigenvalue weighted by Crippen LogP contribution is -2.42. The molecule has 1 saturated heterocycles. The van der Waals surface area contributed by atoms with Gasteiger partial charge in [0.2, 0.25) is 22.5 Å². The van der Waals surface area contributed by atoms with Crippen LogP contribution in [0.25, 0.3) is 0 Å². The number of pyridine rings is 1. The summed E-state index contributed by atoms with van der Waals surface area (Å²) in [5.74, 6) is 1.53. The van der Waals surface area contributed by atoms with E-state index in [0.717, 1.165) is 5.56 Å². The molecule has 0 radical (unpaired) electrons. The zero-order chi connectivity index (χ0) is 31.1. The Kier molecular flexibility index (Phi) is 9.82. The Labute approximate surface area is 255 Å². The minimum absolute atomic E-state index is 0.0265. The minimum atomic E-state index is -3.90. The lowest BCUT2D eigenvalue weighted by atomic mass is 9.93. The van der Waals surface area contributed by atoms with Gasteiger partial charge in [0.1, 0.15) is 5.75 Å². The molecule has 13 nitrogen and oxygen atoms in total. The summed E-state index contributed by atoms with van der Waals surface area (Å²) in [7, 11) is -2.41. The molecule has 14 heteroatoms. The average Bonchev–Trinajstić information content (AvgIpc) is 3.51. The number of aromatic nitrogens is 1. The Morgan fingerprint density at radius 1 is 1.11 bits per heavy atom. The van der Waals surface area contributed by atoms with Gasteiger partial charge in [0.25, 0.3) is 0 Å². The van der Waals surface area contributed by atoms with Crippen LogP contribution in [0.15, 0.2) is 70.7 Å². The number of hydroxylamine groups is 1. The third kappa shape index (κ3) is 7.56. The van der Waals surface area contributed by atoms with Crippen molar-refractivity contribution < 1.29 is 42.2 Å². The predicted molar refractivity (Wildman–Crippen MR) is 155 cm³/mol. The number of hydrogen-bond donors (Lipinski definition) is 2. The summed E-state index contributed by atoms with van der Waals surface area (Å²) in [6.07, 6.45) is 2.83. The van der Waals surface area contributed by atoms with Gasteiger partial charge in [-0.15, -0.1) is 0 Å². The number of hydrazine groups is 1. The normalized spacial score (nSPS) is 14.8. The van der Waals surface area contributed by atoms with Gasteiger partial charge in [-0.25, -0.2) is 18.2 Å². The molecule has 0 unspecified atom stereocenters. The maximum atomic E-state index is 13.0. The first kappa shape index (κ1) is 31.0. The highest BCUT2D eigenvalue weighted by atomic mass is 32.2. The number of sulfone groups is 1. The second-order valence-electron chi connectivity index (χ2n) is 10.4. The molecule has 44 heavy (non-hydrogen) atoms. The van der Waals surface area contributed by atoms with E-state index in [2.05, 4.69) is 10.4 Å². The van der Waals surface area contributed by atoms with Crippen molar-refractivity contribution in [1.29, 1.82) is 0 Å². The van der Waals surface area contributed by atoms with E-state index in [1.807, 2.05) is 18.2 Å². The smallest absolute Gasteiger partial charge is 0.409 e. The molecule has 2 aliphatic heterocycles. The molecule has 0 atom stereocenters. The molecular weight excluding hydrogens is 592 g/mol. The van der Waals surface area contributed by atoms with Crippen LogP contribution < -0.4 is 19.6 Å². The molecule has 1 aromatic heterocycles. The fourth-order valence-electron chi connectivity index (χ4n) is 5.08. The lowest BCUT2D eigenvalue weighted by Gasteiger charge is -2.31. The molecule has 5 rings (SSSR count). The van der Waals surface area contributed by atoms with Crippen molar-refractivity contribution in [2.24, 2.45) is 5.92 Å². The number of carbonyl (C=O) groups is 2. The number of carbonyl (C=O) groups excluding carboxylic acids is 2. The number of methoxy groups -OCH3 is 1. The molecule has 2 aliphatic rings. The lowest BCUT2D eigenvalue weighted by molar-refractivity contribution is -0.166. The van der Waals surface area contributed by atoms with Crippen LogP contribution in [-0.2, 0) is 32.3 Å². The van der Waals surface area contributed by atoms with Crippen LogP contribution in [-0.4, -0.2) is 74.3 Å². The molecule has 0 bridgehead atoms. The summed E-state index contributed by atoms with van der Waals surface area (Å²) in [6, 6.07) is 14.4. The maximum absolute atomic E-state index is 13.0. The molecule has 3 heterocycles. The maximum Gasteiger partial charge on any atom is 0.409 e. The van der Waals surface area contributed by atoms with E-state index < -0.39 is 21.8 Å². The highest BCUT2D eigenvalue weighted by molar-refractivity contribution is 7.91. The van der Waals surface area contributed by atoms with Crippen molar-refractivity contribution in [3.05, 3.63) is 71.9 Å². The fraction of sp³-hybridized carbons (Fsp3) is 0.367. The highest BCUT2D eigenvalue weighted by Crippen LogP contribution is 2.35. The van der Waals surface area contributed by atoms with Gasteiger partial charge < -0.3 is 23.8 Å². The van der Waals surface area contributed by atoms with E-state index in [-0.39, 0.29) is 42.2 Å². The van der Waals surface area contributed by atoms with Gasteiger partial charge >= 0.3 is 6.09 Å². The Morgan fingerprint density at radius 3 is 2.64 bits per heavy atom. The molecule has 2 aromatic carbocycles. The first-order chi connectivity index (χ1) is 21.2. The second kappa shape index (κ2) is 13.9. The number of ether oxygens (including phenoxy) is 4. The van der Waals surface area contributed by atoms with E-state index in [1.54, 1.807) is 23.1 Å². The summed E-state index contributed by atoms with van der Waals surface area (Å²) >= 11 is 0. The number of amides is 2. The average molecular weight is 627 g/mol. The molecule has 3 aromatic rings. The number of piperidine rings is 1. The largest absolute Gasteiger partial charge is 0.497 e. The molecule has 0 saturated carbocycles. The molecule has 0 aliphatic carbocycles. The molecular formula is C30H34N4O9S. The number of benzene rings is 2. The zero-order valence-electron chi connectivity index (χ0n) is 24.2. The quantitative estimate of drug-likeness (QED) is 0.301. The predicted octanol–water partition coefficient (Wildman–Crippen LogP) is 3.36. The third-order valence-corrected chi connectivity index (χ3v) is 9.12. The fourth-order valence-corrected chi connectivity index (χ4v) is 6.32. The van der Waals surface area contributed by atoms with Crippen molar-refractivity contribution >= 4 is 21.8 Å². The monoisotopic (exact) mass is 626 g/mol. The van der Waals surface area contributed by atoms with E-state index in [1.165, 1.54) is 31.5 Å². The van der Waals surface area contributed by atoms with Crippen molar-refractivity contribution in [3.63, 3.8) is 0 Å². The van der Waals surface area contributed by atoms with Gasteiger partial charge in [-0.3, -0.25) is 15.4 Å². The molecule has 0 spiro atoms. The van der Waals surface area contributed by atoms with Gasteiger partial charge in [-0.1, -0.05) is 17.3 Å². The van der Waals surface area contributed by atoms with Crippen LogP contribution in [0.5, 0.6) is 17.2 Å². The van der Waals surface area contributed by atoms with Crippen molar-refractivity contribution in [1.82, 2.24) is 20.5 Å². The van der Waals surface area contributed by atoms with Gasteiger partial charge in [-0.2, -0.15) is 0 Å². The second-order valence-corrected chi connectivity index (χ2v) is 12.3. The molecule has 234 valence electrons. The summed E-state index contributed by atoms with van der Waals surface area (Å²) in [5.41, 5.74) is 3.76. The number of rotatable bonds is 11. The summed E-state index contributed by atoms with van der Waals surface area (Å²) in [5, 5.41) is 10.8. The van der Waals surface area contributed by atoms with Crippen molar-refractivity contribution in [3.8, 4) is 17.2 Å². The summed E-state index contributed by atoms with van der Waals surface area (Å²) in [4.78, 5) is 30.8. The molecule has 2 amide bonds. The SMILES string of the molecule is COc1ccc(S(=O)(=O)c2cc(CN(O)NC(=O)CC3CCN(C(=O)OCCc4cccc5c4OCO5)CC3)ccn2)cc1. The Bertz CT molecular complexity index is 1580. The van der Waals surface area contributed by atoms with Crippen LogP contribution in [0.4, 0.5) is 4.79 Å². The topological polar surface area (TPSA) is 157 Å². The first-order valence-electron chi connectivity index (χ1n) is 14.1. The zero-order valence-corrected chi connectivity index (χ0v) is 25.0. The number of likely N-dealkylation sites (tertiary alicyclic amines) is 1. The van der Waals surface area contributed by atoms with E-state index >= 15 is 0 Å². The molecule has 2 N–H and O–H groups in total. The third-order valence-electron chi connectivity index (χ3n) is 7.45. The number of fused-ring (bicyclic) bond motifs is 1. The minimum Gasteiger partial charge on any atom is -0.497 e. The van der Waals surface area contributed by atoms with Gasteiger partial charge in [0, 0.05) is 37.7 Å². The van der Waals surface area contributed by atoms with Gasteiger partial charge in [0.15, 0.2) is 16.5 Å². The van der Waals surface area contributed by atoms with Gasteiger partial charge in [-0.05, 0) is 66.8 Å². The number of para-hydroxylation sites is 1.